The zero-order chi connectivity index (χ0) is 22.4. The summed E-state index contributed by atoms with van der Waals surface area (Å²) >= 11 is 7.76. The Kier molecular flexibility index (Phi) is 7.98. The summed E-state index contributed by atoms with van der Waals surface area (Å²) in [4.78, 5) is 12.7. The molecule has 0 saturated carbocycles. The van der Waals surface area contributed by atoms with Gasteiger partial charge in [-0.3, -0.25) is 14.7 Å². The standard InChI is InChI=1S/C23H27ClN4O2S/c1-5-28-22(26-27-23(28)31-14-18-8-6-7-9-20(18)24)25-21(29)16(4)30-19-12-10-17(11-13-19)15(2)3/h6-13,15-16H,5,14H2,1-4H3,(H,25,26,29). The van der Waals surface area contributed by atoms with Crippen molar-refractivity contribution < 1.29 is 9.53 Å². The molecule has 0 aliphatic heterocycles. The number of nitrogens with one attached hydrogen (secondary N) is 1. The first-order valence-electron chi connectivity index (χ1n) is 10.3. The number of anilines is 1. The van der Waals surface area contributed by atoms with E-state index in [9.17, 15) is 4.79 Å². The molecule has 164 valence electrons. The van der Waals surface area contributed by atoms with Crippen molar-refractivity contribution in [2.24, 2.45) is 0 Å². The molecular weight excluding hydrogens is 432 g/mol. The molecule has 1 atom stereocenters. The van der Waals surface area contributed by atoms with Crippen molar-refractivity contribution in [3.8, 4) is 5.75 Å². The number of hydrogen-bond acceptors (Lipinski definition) is 5. The maximum absolute atomic E-state index is 12.7. The fraction of sp³-hybridized carbons (Fsp3) is 0.348. The van der Waals surface area contributed by atoms with E-state index >= 15 is 0 Å². The molecule has 1 unspecified atom stereocenters. The van der Waals surface area contributed by atoms with Gasteiger partial charge >= 0.3 is 0 Å². The number of halogens is 1. The number of rotatable bonds is 9. The van der Waals surface area contributed by atoms with Gasteiger partial charge in [0.25, 0.3) is 5.91 Å². The Morgan fingerprint density at radius 2 is 1.84 bits per heavy atom. The SMILES string of the molecule is CCn1c(NC(=O)C(C)Oc2ccc(C(C)C)cc2)nnc1SCc1ccccc1Cl. The second-order valence-electron chi connectivity index (χ2n) is 7.40. The van der Waals surface area contributed by atoms with Gasteiger partial charge in [0.2, 0.25) is 5.95 Å². The smallest absolute Gasteiger partial charge is 0.267 e. The van der Waals surface area contributed by atoms with Crippen LogP contribution in [0.5, 0.6) is 5.75 Å². The van der Waals surface area contributed by atoms with Gasteiger partial charge in [-0.1, -0.05) is 67.5 Å². The van der Waals surface area contributed by atoms with Crippen molar-refractivity contribution in [2.75, 3.05) is 5.32 Å². The van der Waals surface area contributed by atoms with E-state index in [0.717, 1.165) is 15.7 Å². The van der Waals surface area contributed by atoms with E-state index < -0.39 is 6.10 Å². The summed E-state index contributed by atoms with van der Waals surface area (Å²) in [5.41, 5.74) is 2.25. The van der Waals surface area contributed by atoms with E-state index in [4.69, 9.17) is 16.3 Å². The van der Waals surface area contributed by atoms with Crippen LogP contribution in [0.3, 0.4) is 0 Å². The summed E-state index contributed by atoms with van der Waals surface area (Å²) in [6.07, 6.45) is -0.675. The molecule has 6 nitrogen and oxygen atoms in total. The average Bonchev–Trinajstić information content (AvgIpc) is 3.14. The molecular formula is C23H27ClN4O2S. The Balaban J connectivity index is 1.62. The molecule has 1 N–H and O–H groups in total. The number of thioether (sulfide) groups is 1. The molecule has 3 aromatic rings. The van der Waals surface area contributed by atoms with Crippen LogP contribution in [0.1, 0.15) is 44.7 Å². The van der Waals surface area contributed by atoms with Gasteiger partial charge in [-0.2, -0.15) is 0 Å². The number of aromatic nitrogens is 3. The van der Waals surface area contributed by atoms with Crippen LogP contribution in [-0.4, -0.2) is 26.8 Å². The Labute approximate surface area is 192 Å². The summed E-state index contributed by atoms with van der Waals surface area (Å²) in [5.74, 6) is 1.88. The molecule has 3 rings (SSSR count). The highest BCUT2D eigenvalue weighted by Gasteiger charge is 2.19. The molecule has 0 fully saturated rings. The van der Waals surface area contributed by atoms with Gasteiger partial charge in [0.15, 0.2) is 11.3 Å². The van der Waals surface area contributed by atoms with Crippen molar-refractivity contribution in [3.63, 3.8) is 0 Å². The molecule has 0 aliphatic carbocycles. The van der Waals surface area contributed by atoms with Gasteiger partial charge < -0.3 is 4.74 Å². The van der Waals surface area contributed by atoms with E-state index in [1.807, 2.05) is 60.0 Å². The predicted molar refractivity (Wildman–Crippen MR) is 126 cm³/mol. The summed E-state index contributed by atoms with van der Waals surface area (Å²) in [7, 11) is 0. The van der Waals surface area contributed by atoms with Crippen LogP contribution < -0.4 is 10.1 Å². The maximum Gasteiger partial charge on any atom is 0.267 e. The van der Waals surface area contributed by atoms with Gasteiger partial charge in [0.1, 0.15) is 5.75 Å². The lowest BCUT2D eigenvalue weighted by Crippen LogP contribution is -2.31. The Bertz CT molecular complexity index is 1020. The average molecular weight is 459 g/mol. The van der Waals surface area contributed by atoms with Gasteiger partial charge in [-0.05, 0) is 49.1 Å². The molecule has 0 spiro atoms. The van der Waals surface area contributed by atoms with Crippen molar-refractivity contribution in [2.45, 2.75) is 57.2 Å². The zero-order valence-electron chi connectivity index (χ0n) is 18.1. The minimum atomic E-state index is -0.675. The van der Waals surface area contributed by atoms with Gasteiger partial charge in [0, 0.05) is 17.3 Å². The number of carbonyl (C=O) groups is 1. The highest BCUT2D eigenvalue weighted by molar-refractivity contribution is 7.98. The van der Waals surface area contributed by atoms with Crippen LogP contribution in [0.2, 0.25) is 5.02 Å². The third-order valence-electron chi connectivity index (χ3n) is 4.81. The second kappa shape index (κ2) is 10.7. The molecule has 0 bridgehead atoms. The van der Waals surface area contributed by atoms with Gasteiger partial charge in [-0.15, -0.1) is 10.2 Å². The number of nitrogens with zero attached hydrogens (tertiary/aromatic N) is 3. The zero-order valence-corrected chi connectivity index (χ0v) is 19.7. The fourth-order valence-electron chi connectivity index (χ4n) is 2.93. The van der Waals surface area contributed by atoms with Crippen LogP contribution in [0.25, 0.3) is 0 Å². The van der Waals surface area contributed by atoms with Crippen molar-refractivity contribution in [1.29, 1.82) is 0 Å². The van der Waals surface area contributed by atoms with E-state index in [1.54, 1.807) is 6.92 Å². The summed E-state index contributed by atoms with van der Waals surface area (Å²) in [6, 6.07) is 15.5. The first-order valence-corrected chi connectivity index (χ1v) is 11.6. The lowest BCUT2D eigenvalue weighted by Gasteiger charge is -2.15. The predicted octanol–water partition coefficient (Wildman–Crippen LogP) is 5.77. The molecule has 8 heteroatoms. The number of ether oxygens (including phenoxy) is 1. The monoisotopic (exact) mass is 458 g/mol. The molecule has 1 aromatic heterocycles. The third kappa shape index (κ3) is 6.02. The Morgan fingerprint density at radius 1 is 1.13 bits per heavy atom. The minimum Gasteiger partial charge on any atom is -0.481 e. The van der Waals surface area contributed by atoms with Crippen LogP contribution in [-0.2, 0) is 17.1 Å². The number of amides is 1. The molecule has 0 aliphatic rings. The Morgan fingerprint density at radius 3 is 2.48 bits per heavy atom. The highest BCUT2D eigenvalue weighted by atomic mass is 35.5. The van der Waals surface area contributed by atoms with E-state index in [2.05, 4.69) is 29.4 Å². The second-order valence-corrected chi connectivity index (χ2v) is 8.75. The lowest BCUT2D eigenvalue weighted by atomic mass is 10.0. The molecule has 31 heavy (non-hydrogen) atoms. The van der Waals surface area contributed by atoms with E-state index in [1.165, 1.54) is 17.3 Å². The maximum atomic E-state index is 12.7. The first-order chi connectivity index (χ1) is 14.9. The van der Waals surface area contributed by atoms with Crippen LogP contribution >= 0.6 is 23.4 Å². The molecule has 1 amide bonds. The largest absolute Gasteiger partial charge is 0.481 e. The number of benzene rings is 2. The fourth-order valence-corrected chi connectivity index (χ4v) is 4.22. The van der Waals surface area contributed by atoms with Gasteiger partial charge in [-0.25, -0.2) is 0 Å². The molecule has 2 aromatic carbocycles. The summed E-state index contributed by atoms with van der Waals surface area (Å²) in [5, 5.41) is 12.7. The van der Waals surface area contributed by atoms with E-state index in [0.29, 0.717) is 29.9 Å². The topological polar surface area (TPSA) is 69.0 Å². The molecule has 0 saturated heterocycles. The first kappa shape index (κ1) is 23.2. The number of carbonyl (C=O) groups excluding carboxylic acids is 1. The van der Waals surface area contributed by atoms with Crippen molar-refractivity contribution >= 4 is 35.2 Å². The van der Waals surface area contributed by atoms with E-state index in [-0.39, 0.29) is 5.91 Å². The van der Waals surface area contributed by atoms with Gasteiger partial charge in [0.05, 0.1) is 0 Å². The summed E-state index contributed by atoms with van der Waals surface area (Å²) < 4.78 is 7.66. The highest BCUT2D eigenvalue weighted by Crippen LogP contribution is 2.27. The van der Waals surface area contributed by atoms with Crippen molar-refractivity contribution in [1.82, 2.24) is 14.8 Å². The minimum absolute atomic E-state index is 0.280. The summed E-state index contributed by atoms with van der Waals surface area (Å²) in [6.45, 7) is 8.59. The van der Waals surface area contributed by atoms with Crippen LogP contribution in [0.15, 0.2) is 53.7 Å². The van der Waals surface area contributed by atoms with Crippen LogP contribution in [0, 0.1) is 0 Å². The molecule has 1 heterocycles. The third-order valence-corrected chi connectivity index (χ3v) is 6.20. The molecule has 0 radical (unpaired) electrons. The van der Waals surface area contributed by atoms with Crippen molar-refractivity contribution in [3.05, 3.63) is 64.7 Å². The van der Waals surface area contributed by atoms with Crippen LogP contribution in [0.4, 0.5) is 5.95 Å². The Hall–Kier alpha value is -2.51. The number of hydrogen-bond donors (Lipinski definition) is 1. The lowest BCUT2D eigenvalue weighted by molar-refractivity contribution is -0.122. The normalized spacial score (nSPS) is 12.1. The quantitative estimate of drug-likeness (QED) is 0.412.